The van der Waals surface area contributed by atoms with Gasteiger partial charge in [-0.1, -0.05) is 0 Å². The number of thiophene rings is 1. The SMILES string of the molecule is Cc1nn(C)c2sc(C(=O)NC(C)C(=O)N3CCC(CN)C3)cc12.Cl. The Labute approximate surface area is 156 Å². The number of rotatable bonds is 4. The second kappa shape index (κ2) is 7.72. The fourth-order valence-corrected chi connectivity index (χ4v) is 4.17. The van der Waals surface area contributed by atoms with Crippen LogP contribution in [0.2, 0.25) is 0 Å². The molecular formula is C16H24ClN5O2S. The zero-order valence-corrected chi connectivity index (χ0v) is 16.2. The molecule has 1 aliphatic rings. The predicted molar refractivity (Wildman–Crippen MR) is 101 cm³/mol. The van der Waals surface area contributed by atoms with E-state index in [-0.39, 0.29) is 24.2 Å². The van der Waals surface area contributed by atoms with Crippen molar-refractivity contribution < 1.29 is 9.59 Å². The Bertz CT molecular complexity index is 752. The number of aromatic nitrogens is 2. The van der Waals surface area contributed by atoms with Gasteiger partial charge < -0.3 is 16.0 Å². The largest absolute Gasteiger partial charge is 0.341 e. The molecule has 3 rings (SSSR count). The zero-order chi connectivity index (χ0) is 17.4. The lowest BCUT2D eigenvalue weighted by molar-refractivity contribution is -0.131. The Kier molecular flexibility index (Phi) is 6.08. The number of fused-ring (bicyclic) bond motifs is 1. The third-order valence-corrected chi connectivity index (χ3v) is 5.77. The number of amides is 2. The first-order valence-corrected chi connectivity index (χ1v) is 8.95. The maximum absolute atomic E-state index is 12.5. The van der Waals surface area contributed by atoms with Crippen molar-refractivity contribution in [2.24, 2.45) is 18.7 Å². The summed E-state index contributed by atoms with van der Waals surface area (Å²) in [5, 5.41) is 8.13. The topological polar surface area (TPSA) is 93.2 Å². The number of aryl methyl sites for hydroxylation is 2. The van der Waals surface area contributed by atoms with E-state index in [0.29, 0.717) is 30.4 Å². The molecule has 3 heterocycles. The Hall–Kier alpha value is -1.64. The van der Waals surface area contributed by atoms with Gasteiger partial charge in [0.15, 0.2) is 0 Å². The maximum atomic E-state index is 12.5. The normalized spacial score (nSPS) is 18.2. The summed E-state index contributed by atoms with van der Waals surface area (Å²) in [4.78, 5) is 28.3. The van der Waals surface area contributed by atoms with E-state index in [1.165, 1.54) is 11.3 Å². The summed E-state index contributed by atoms with van der Waals surface area (Å²) in [6.45, 7) is 5.65. The zero-order valence-electron chi connectivity index (χ0n) is 14.6. The van der Waals surface area contributed by atoms with Gasteiger partial charge in [0.2, 0.25) is 5.91 Å². The molecule has 7 nitrogen and oxygen atoms in total. The van der Waals surface area contributed by atoms with Gasteiger partial charge in [0.05, 0.1) is 10.6 Å². The molecule has 2 aromatic heterocycles. The molecule has 138 valence electrons. The average molecular weight is 386 g/mol. The quantitative estimate of drug-likeness (QED) is 0.829. The Morgan fingerprint density at radius 3 is 2.84 bits per heavy atom. The highest BCUT2D eigenvalue weighted by molar-refractivity contribution is 7.20. The van der Waals surface area contributed by atoms with Crippen LogP contribution < -0.4 is 11.1 Å². The molecule has 1 aliphatic heterocycles. The third-order valence-electron chi connectivity index (χ3n) is 4.57. The van der Waals surface area contributed by atoms with E-state index < -0.39 is 6.04 Å². The van der Waals surface area contributed by atoms with Gasteiger partial charge in [-0.05, 0) is 38.8 Å². The minimum absolute atomic E-state index is 0. The molecule has 0 spiro atoms. The van der Waals surface area contributed by atoms with Crippen molar-refractivity contribution >= 4 is 45.8 Å². The minimum atomic E-state index is -0.543. The predicted octanol–water partition coefficient (Wildman–Crippen LogP) is 1.29. The number of carbonyl (C=O) groups is 2. The van der Waals surface area contributed by atoms with Gasteiger partial charge in [0, 0.05) is 25.5 Å². The molecule has 0 radical (unpaired) electrons. The van der Waals surface area contributed by atoms with E-state index >= 15 is 0 Å². The van der Waals surface area contributed by atoms with Crippen LogP contribution in [-0.4, -0.2) is 52.2 Å². The molecule has 2 amide bonds. The van der Waals surface area contributed by atoms with Crippen molar-refractivity contribution in [3.05, 3.63) is 16.6 Å². The Morgan fingerprint density at radius 2 is 2.24 bits per heavy atom. The van der Waals surface area contributed by atoms with E-state index in [1.54, 1.807) is 16.5 Å². The van der Waals surface area contributed by atoms with Crippen molar-refractivity contribution in [3.63, 3.8) is 0 Å². The molecule has 2 unspecified atom stereocenters. The lowest BCUT2D eigenvalue weighted by atomic mass is 10.1. The summed E-state index contributed by atoms with van der Waals surface area (Å²) < 4.78 is 1.78. The number of hydrogen-bond acceptors (Lipinski definition) is 5. The summed E-state index contributed by atoms with van der Waals surface area (Å²) in [5.74, 6) is 0.110. The molecule has 0 aromatic carbocycles. The smallest absolute Gasteiger partial charge is 0.262 e. The Balaban J connectivity index is 0.00000225. The minimum Gasteiger partial charge on any atom is -0.341 e. The summed E-state index contributed by atoms with van der Waals surface area (Å²) >= 11 is 1.39. The van der Waals surface area contributed by atoms with Crippen LogP contribution >= 0.6 is 23.7 Å². The first kappa shape index (κ1) is 19.7. The first-order chi connectivity index (χ1) is 11.4. The summed E-state index contributed by atoms with van der Waals surface area (Å²) in [6.07, 6.45) is 0.936. The average Bonchev–Trinajstić information content (AvgIpc) is 3.25. The van der Waals surface area contributed by atoms with Crippen molar-refractivity contribution in [2.75, 3.05) is 19.6 Å². The van der Waals surface area contributed by atoms with E-state index in [0.717, 1.165) is 22.3 Å². The number of halogens is 1. The summed E-state index contributed by atoms with van der Waals surface area (Å²) in [7, 11) is 1.86. The summed E-state index contributed by atoms with van der Waals surface area (Å²) in [5.41, 5.74) is 6.57. The maximum Gasteiger partial charge on any atom is 0.262 e. The second-order valence-electron chi connectivity index (χ2n) is 6.41. The molecule has 9 heteroatoms. The molecular weight excluding hydrogens is 362 g/mol. The van der Waals surface area contributed by atoms with Gasteiger partial charge in [0.25, 0.3) is 5.91 Å². The first-order valence-electron chi connectivity index (χ1n) is 8.13. The van der Waals surface area contributed by atoms with Gasteiger partial charge >= 0.3 is 0 Å². The van der Waals surface area contributed by atoms with Crippen molar-refractivity contribution in [3.8, 4) is 0 Å². The molecule has 1 fully saturated rings. The van der Waals surface area contributed by atoms with E-state index in [2.05, 4.69) is 10.4 Å². The van der Waals surface area contributed by atoms with Crippen LogP contribution in [0.5, 0.6) is 0 Å². The number of likely N-dealkylation sites (tertiary alicyclic amines) is 1. The molecule has 0 saturated carbocycles. The fourth-order valence-electron chi connectivity index (χ4n) is 3.15. The van der Waals surface area contributed by atoms with Crippen LogP contribution in [0.4, 0.5) is 0 Å². The fraction of sp³-hybridized carbons (Fsp3) is 0.562. The number of nitrogens with two attached hydrogens (primary N) is 1. The Morgan fingerprint density at radius 1 is 1.52 bits per heavy atom. The van der Waals surface area contributed by atoms with Crippen LogP contribution in [-0.2, 0) is 11.8 Å². The molecule has 2 aromatic rings. The van der Waals surface area contributed by atoms with Crippen LogP contribution in [0.25, 0.3) is 10.2 Å². The summed E-state index contributed by atoms with van der Waals surface area (Å²) in [6, 6.07) is 1.30. The van der Waals surface area contributed by atoms with Gasteiger partial charge in [-0.2, -0.15) is 5.10 Å². The van der Waals surface area contributed by atoms with Crippen LogP contribution in [0.3, 0.4) is 0 Å². The molecule has 2 atom stereocenters. The van der Waals surface area contributed by atoms with Crippen molar-refractivity contribution in [1.82, 2.24) is 20.0 Å². The van der Waals surface area contributed by atoms with Gasteiger partial charge in [-0.3, -0.25) is 14.3 Å². The van der Waals surface area contributed by atoms with Crippen LogP contribution in [0, 0.1) is 12.8 Å². The highest BCUT2D eigenvalue weighted by Gasteiger charge is 2.29. The lowest BCUT2D eigenvalue weighted by Gasteiger charge is -2.21. The van der Waals surface area contributed by atoms with Crippen molar-refractivity contribution in [1.29, 1.82) is 0 Å². The molecule has 0 aliphatic carbocycles. The number of hydrogen-bond donors (Lipinski definition) is 2. The molecule has 0 bridgehead atoms. The highest BCUT2D eigenvalue weighted by atomic mass is 35.5. The standard InChI is InChI=1S/C16H23N5O2S.ClH/c1-9-12-6-13(24-16(12)20(3)19-9)14(22)18-10(2)15(23)21-5-4-11(7-17)8-21;/h6,10-11H,4-5,7-8,17H2,1-3H3,(H,18,22);1H. The number of nitrogens with zero attached hydrogens (tertiary/aromatic N) is 3. The number of nitrogens with one attached hydrogen (secondary N) is 1. The second-order valence-corrected chi connectivity index (χ2v) is 7.44. The van der Waals surface area contributed by atoms with Crippen LogP contribution in [0.1, 0.15) is 28.7 Å². The van der Waals surface area contributed by atoms with Crippen LogP contribution in [0.15, 0.2) is 6.07 Å². The third kappa shape index (κ3) is 3.80. The van der Waals surface area contributed by atoms with Gasteiger partial charge in [-0.15, -0.1) is 23.7 Å². The molecule has 1 saturated heterocycles. The lowest BCUT2D eigenvalue weighted by Crippen LogP contribution is -2.46. The number of carbonyl (C=O) groups excluding carboxylic acids is 2. The van der Waals surface area contributed by atoms with E-state index in [9.17, 15) is 9.59 Å². The molecule has 25 heavy (non-hydrogen) atoms. The van der Waals surface area contributed by atoms with Gasteiger partial charge in [0.1, 0.15) is 10.9 Å². The molecule has 3 N–H and O–H groups in total. The van der Waals surface area contributed by atoms with Crippen molar-refractivity contribution in [2.45, 2.75) is 26.3 Å². The van der Waals surface area contributed by atoms with Gasteiger partial charge in [-0.25, -0.2) is 0 Å². The monoisotopic (exact) mass is 385 g/mol. The van der Waals surface area contributed by atoms with E-state index in [1.807, 2.05) is 20.0 Å². The highest BCUT2D eigenvalue weighted by Crippen LogP contribution is 2.27. The van der Waals surface area contributed by atoms with E-state index in [4.69, 9.17) is 5.73 Å².